The maximum absolute atomic E-state index is 10.7. The Kier molecular flexibility index (Phi) is 3.47. The second kappa shape index (κ2) is 4.89. The number of aryl methyl sites for hydroxylation is 2. The maximum Gasteiger partial charge on any atom is 0.404 e. The Morgan fingerprint density at radius 1 is 1.39 bits per heavy atom. The van der Waals surface area contributed by atoms with Crippen molar-refractivity contribution in [1.82, 2.24) is 9.78 Å². The number of nitro groups is 1. The minimum absolute atomic E-state index is 0.152. The normalized spacial score (nSPS) is 10.6. The lowest BCUT2D eigenvalue weighted by Crippen LogP contribution is -2.04. The van der Waals surface area contributed by atoms with Gasteiger partial charge in [0.25, 0.3) is 0 Å². The van der Waals surface area contributed by atoms with Crippen molar-refractivity contribution in [3.8, 4) is 0 Å². The van der Waals surface area contributed by atoms with Gasteiger partial charge < -0.3 is 10.1 Å². The van der Waals surface area contributed by atoms with Crippen molar-refractivity contribution < 1.29 is 4.92 Å². The molecule has 1 aromatic carbocycles. The number of halogens is 1. The van der Waals surface area contributed by atoms with E-state index >= 15 is 0 Å². The van der Waals surface area contributed by atoms with Gasteiger partial charge >= 0.3 is 5.82 Å². The van der Waals surface area contributed by atoms with Crippen LogP contribution in [0.25, 0.3) is 0 Å². The van der Waals surface area contributed by atoms with Crippen molar-refractivity contribution in [2.24, 2.45) is 0 Å². The Hall–Kier alpha value is -1.69. The van der Waals surface area contributed by atoms with Crippen molar-refractivity contribution in [3.05, 3.63) is 55.7 Å². The molecule has 6 heteroatoms. The Morgan fingerprint density at radius 2 is 2.00 bits per heavy atom. The lowest BCUT2D eigenvalue weighted by Gasteiger charge is -2.07. The second-order valence-electron chi connectivity index (χ2n) is 4.13. The molecule has 18 heavy (non-hydrogen) atoms. The molecule has 1 aromatic heterocycles. The zero-order valence-corrected chi connectivity index (χ0v) is 11.6. The molecule has 0 radical (unpaired) electrons. The standard InChI is InChI=1S/C12H12BrN3O2/c1-8-4-3-5-9(2)10(8)6-15-7-11(13)12(14-15)16(17)18/h3-5,7H,6H2,1-2H3. The van der Waals surface area contributed by atoms with E-state index in [1.165, 1.54) is 0 Å². The van der Waals surface area contributed by atoms with Gasteiger partial charge in [-0.3, -0.25) is 0 Å². The summed E-state index contributed by atoms with van der Waals surface area (Å²) >= 11 is 3.14. The van der Waals surface area contributed by atoms with Crippen LogP contribution >= 0.6 is 15.9 Å². The highest BCUT2D eigenvalue weighted by Gasteiger charge is 2.19. The molecule has 0 bridgehead atoms. The first kappa shape index (κ1) is 12.8. The van der Waals surface area contributed by atoms with Crippen molar-refractivity contribution in [1.29, 1.82) is 0 Å². The zero-order chi connectivity index (χ0) is 13.3. The van der Waals surface area contributed by atoms with Crippen LogP contribution in [0.4, 0.5) is 5.82 Å². The fourth-order valence-corrected chi connectivity index (χ4v) is 2.31. The van der Waals surface area contributed by atoms with Crippen LogP contribution in [0, 0.1) is 24.0 Å². The summed E-state index contributed by atoms with van der Waals surface area (Å²) in [7, 11) is 0. The highest BCUT2D eigenvalue weighted by Crippen LogP contribution is 2.23. The molecule has 0 aliphatic heterocycles. The number of benzene rings is 1. The molecule has 0 atom stereocenters. The molecule has 2 rings (SSSR count). The summed E-state index contributed by atoms with van der Waals surface area (Å²) in [5.41, 5.74) is 3.45. The van der Waals surface area contributed by atoms with E-state index in [9.17, 15) is 10.1 Å². The van der Waals surface area contributed by atoms with E-state index < -0.39 is 4.92 Å². The molecular weight excluding hydrogens is 298 g/mol. The van der Waals surface area contributed by atoms with Gasteiger partial charge in [0.05, 0.1) is 17.8 Å². The van der Waals surface area contributed by atoms with Gasteiger partial charge in [-0.1, -0.05) is 18.2 Å². The molecule has 2 aromatic rings. The van der Waals surface area contributed by atoms with Crippen molar-refractivity contribution >= 4 is 21.7 Å². The van der Waals surface area contributed by atoms with Crippen LogP contribution in [0.15, 0.2) is 28.9 Å². The molecule has 94 valence electrons. The summed E-state index contributed by atoms with van der Waals surface area (Å²) in [5, 5.41) is 14.7. The van der Waals surface area contributed by atoms with Gasteiger partial charge in [-0.15, -0.1) is 0 Å². The van der Waals surface area contributed by atoms with Crippen molar-refractivity contribution in [3.63, 3.8) is 0 Å². The molecule has 0 amide bonds. The van der Waals surface area contributed by atoms with Crippen LogP contribution in [-0.4, -0.2) is 14.7 Å². The number of rotatable bonds is 3. The predicted molar refractivity (Wildman–Crippen MR) is 71.6 cm³/mol. The van der Waals surface area contributed by atoms with Gasteiger partial charge in [-0.05, 0) is 51.4 Å². The average molecular weight is 310 g/mol. The monoisotopic (exact) mass is 309 g/mol. The molecular formula is C12H12BrN3O2. The summed E-state index contributed by atoms with van der Waals surface area (Å²) in [5.74, 6) is -0.152. The van der Waals surface area contributed by atoms with Crippen LogP contribution in [0.2, 0.25) is 0 Å². The third kappa shape index (κ3) is 2.43. The summed E-state index contributed by atoms with van der Waals surface area (Å²) in [6.45, 7) is 4.58. The van der Waals surface area contributed by atoms with Gasteiger partial charge in [0, 0.05) is 0 Å². The Bertz CT molecular complexity index is 587. The topological polar surface area (TPSA) is 61.0 Å². The summed E-state index contributed by atoms with van der Waals surface area (Å²) in [4.78, 5) is 10.2. The molecule has 0 unspecified atom stereocenters. The van der Waals surface area contributed by atoms with Crippen LogP contribution in [-0.2, 0) is 6.54 Å². The van der Waals surface area contributed by atoms with E-state index in [0.29, 0.717) is 11.0 Å². The second-order valence-corrected chi connectivity index (χ2v) is 4.98. The summed E-state index contributed by atoms with van der Waals surface area (Å²) < 4.78 is 1.98. The molecule has 0 fully saturated rings. The zero-order valence-electron chi connectivity index (χ0n) is 10.1. The Labute approximate surface area is 113 Å². The van der Waals surface area contributed by atoms with E-state index in [0.717, 1.165) is 16.7 Å². The van der Waals surface area contributed by atoms with Gasteiger partial charge in [-0.2, -0.15) is 4.68 Å². The molecule has 0 aliphatic rings. The van der Waals surface area contributed by atoms with E-state index in [4.69, 9.17) is 0 Å². The van der Waals surface area contributed by atoms with Crippen LogP contribution in [0.1, 0.15) is 16.7 Å². The molecule has 1 heterocycles. The van der Waals surface area contributed by atoms with Gasteiger partial charge in [-0.25, -0.2) is 0 Å². The lowest BCUT2D eigenvalue weighted by atomic mass is 10.0. The van der Waals surface area contributed by atoms with Gasteiger partial charge in [0.15, 0.2) is 0 Å². The van der Waals surface area contributed by atoms with E-state index in [2.05, 4.69) is 21.0 Å². The van der Waals surface area contributed by atoms with E-state index in [1.807, 2.05) is 32.0 Å². The van der Waals surface area contributed by atoms with Crippen LogP contribution in [0.5, 0.6) is 0 Å². The largest absolute Gasteiger partial charge is 0.404 e. The summed E-state index contributed by atoms with van der Waals surface area (Å²) in [6.07, 6.45) is 1.63. The van der Waals surface area contributed by atoms with Crippen molar-refractivity contribution in [2.45, 2.75) is 20.4 Å². The minimum atomic E-state index is -0.495. The first-order valence-electron chi connectivity index (χ1n) is 5.41. The lowest BCUT2D eigenvalue weighted by molar-refractivity contribution is -0.390. The van der Waals surface area contributed by atoms with Gasteiger partial charge in [0.1, 0.15) is 4.47 Å². The maximum atomic E-state index is 10.7. The molecule has 0 N–H and O–H groups in total. The molecule has 0 saturated heterocycles. The van der Waals surface area contributed by atoms with Gasteiger partial charge in [0.2, 0.25) is 0 Å². The average Bonchev–Trinajstić information content (AvgIpc) is 2.65. The van der Waals surface area contributed by atoms with Crippen molar-refractivity contribution in [2.75, 3.05) is 0 Å². The fourth-order valence-electron chi connectivity index (χ4n) is 1.85. The smallest absolute Gasteiger partial charge is 0.358 e. The molecule has 5 nitrogen and oxygen atoms in total. The highest BCUT2D eigenvalue weighted by atomic mass is 79.9. The SMILES string of the molecule is Cc1cccc(C)c1Cn1cc(Br)c([N+](=O)[O-])n1. The first-order chi connectivity index (χ1) is 8.49. The van der Waals surface area contributed by atoms with Crippen LogP contribution in [0.3, 0.4) is 0 Å². The molecule has 0 saturated carbocycles. The highest BCUT2D eigenvalue weighted by molar-refractivity contribution is 9.10. The Morgan fingerprint density at radius 3 is 2.50 bits per heavy atom. The number of hydrogen-bond acceptors (Lipinski definition) is 3. The quantitative estimate of drug-likeness (QED) is 0.646. The third-order valence-corrected chi connectivity index (χ3v) is 3.40. The van der Waals surface area contributed by atoms with Crippen LogP contribution < -0.4 is 0 Å². The molecule has 0 spiro atoms. The summed E-state index contributed by atoms with van der Waals surface area (Å²) in [6, 6.07) is 6.04. The molecule has 0 aliphatic carbocycles. The number of aromatic nitrogens is 2. The first-order valence-corrected chi connectivity index (χ1v) is 6.21. The van der Waals surface area contributed by atoms with E-state index in [-0.39, 0.29) is 5.82 Å². The number of hydrogen-bond donors (Lipinski definition) is 0. The fraction of sp³-hybridized carbons (Fsp3) is 0.250. The minimum Gasteiger partial charge on any atom is -0.358 e. The number of nitrogens with zero attached hydrogens (tertiary/aromatic N) is 3. The van der Waals surface area contributed by atoms with E-state index in [1.54, 1.807) is 10.9 Å². The third-order valence-electron chi connectivity index (χ3n) is 2.84. The Balaban J connectivity index is 2.35. The predicted octanol–water partition coefficient (Wildman–Crippen LogP) is 3.22.